The molecule has 1 amide bonds. The molecule has 7 heteroatoms. The summed E-state index contributed by atoms with van der Waals surface area (Å²) in [5, 5.41) is 18.9. The van der Waals surface area contributed by atoms with Gasteiger partial charge in [0, 0.05) is 18.7 Å². The van der Waals surface area contributed by atoms with Gasteiger partial charge in [0.25, 0.3) is 5.91 Å². The number of alkyl halides is 3. The average molecular weight is 287 g/mol. The normalized spacial score (nSPS) is 15.9. The van der Waals surface area contributed by atoms with Crippen molar-refractivity contribution in [3.05, 3.63) is 35.4 Å². The standard InChI is InChI=1S/C13H12F3NO3/c14-13(15,16)8-3-5-17(6-4-8)12(20)10-7-9(18)1-2-11(10)19/h1-3,7,18-19H,4-6H2. The van der Waals surface area contributed by atoms with E-state index in [9.17, 15) is 28.2 Å². The summed E-state index contributed by atoms with van der Waals surface area (Å²) >= 11 is 0. The summed E-state index contributed by atoms with van der Waals surface area (Å²) < 4.78 is 37.4. The summed E-state index contributed by atoms with van der Waals surface area (Å²) in [4.78, 5) is 13.3. The number of carbonyl (C=O) groups excluding carboxylic acids is 1. The van der Waals surface area contributed by atoms with E-state index in [0.717, 1.165) is 18.2 Å². The first-order chi connectivity index (χ1) is 9.29. The van der Waals surface area contributed by atoms with Crippen LogP contribution in [-0.2, 0) is 0 Å². The van der Waals surface area contributed by atoms with Crippen LogP contribution in [0.15, 0.2) is 29.8 Å². The first-order valence-electron chi connectivity index (χ1n) is 5.86. The van der Waals surface area contributed by atoms with E-state index >= 15 is 0 Å². The molecule has 2 rings (SSSR count). The Morgan fingerprint density at radius 3 is 2.50 bits per heavy atom. The van der Waals surface area contributed by atoms with Gasteiger partial charge in [0.1, 0.15) is 11.5 Å². The number of hydrogen-bond acceptors (Lipinski definition) is 3. The van der Waals surface area contributed by atoms with Crippen LogP contribution in [0.5, 0.6) is 11.5 Å². The summed E-state index contributed by atoms with van der Waals surface area (Å²) in [6.45, 7) is -0.262. The fraction of sp³-hybridized carbons (Fsp3) is 0.308. The number of carbonyl (C=O) groups is 1. The maximum atomic E-state index is 12.5. The zero-order valence-electron chi connectivity index (χ0n) is 10.3. The van der Waals surface area contributed by atoms with Gasteiger partial charge in [-0.25, -0.2) is 0 Å². The third-order valence-corrected chi connectivity index (χ3v) is 3.07. The van der Waals surface area contributed by atoms with Gasteiger partial charge in [-0.1, -0.05) is 6.08 Å². The second-order valence-electron chi connectivity index (χ2n) is 4.43. The molecule has 20 heavy (non-hydrogen) atoms. The second kappa shape index (κ2) is 5.07. The van der Waals surface area contributed by atoms with E-state index in [1.807, 2.05) is 0 Å². The van der Waals surface area contributed by atoms with E-state index in [4.69, 9.17) is 0 Å². The van der Waals surface area contributed by atoms with Gasteiger partial charge in [-0.3, -0.25) is 4.79 Å². The van der Waals surface area contributed by atoms with Crippen LogP contribution in [0.4, 0.5) is 13.2 Å². The summed E-state index contributed by atoms with van der Waals surface area (Å²) in [5.41, 5.74) is -0.782. The Morgan fingerprint density at radius 2 is 1.95 bits per heavy atom. The molecule has 1 heterocycles. The van der Waals surface area contributed by atoms with Crippen LogP contribution in [0.25, 0.3) is 0 Å². The quantitative estimate of drug-likeness (QED) is 0.616. The zero-order chi connectivity index (χ0) is 14.9. The minimum absolute atomic E-state index is 0.0841. The molecule has 0 radical (unpaired) electrons. The molecule has 1 aromatic carbocycles. The number of hydrogen-bond donors (Lipinski definition) is 2. The zero-order valence-corrected chi connectivity index (χ0v) is 10.3. The van der Waals surface area contributed by atoms with Gasteiger partial charge in [-0.15, -0.1) is 0 Å². The first-order valence-corrected chi connectivity index (χ1v) is 5.86. The van der Waals surface area contributed by atoms with Crippen LogP contribution in [0.3, 0.4) is 0 Å². The highest BCUT2D eigenvalue weighted by atomic mass is 19.4. The van der Waals surface area contributed by atoms with Gasteiger partial charge in [0.05, 0.1) is 5.56 Å². The highest BCUT2D eigenvalue weighted by molar-refractivity contribution is 5.97. The van der Waals surface area contributed by atoms with Crippen molar-refractivity contribution < 1.29 is 28.2 Å². The molecular weight excluding hydrogens is 275 g/mol. The molecule has 0 atom stereocenters. The van der Waals surface area contributed by atoms with Crippen molar-refractivity contribution in [3.8, 4) is 11.5 Å². The fourth-order valence-electron chi connectivity index (χ4n) is 1.98. The number of nitrogens with zero attached hydrogens (tertiary/aromatic N) is 1. The number of halogens is 3. The fourth-order valence-corrected chi connectivity index (χ4v) is 1.98. The topological polar surface area (TPSA) is 60.8 Å². The number of phenolic OH excluding ortho intramolecular Hbond substituents is 2. The minimum atomic E-state index is -4.37. The third kappa shape index (κ3) is 2.87. The Balaban J connectivity index is 2.17. The van der Waals surface area contributed by atoms with Gasteiger partial charge in [0.15, 0.2) is 0 Å². The Labute approximate surface area is 112 Å². The molecule has 0 bridgehead atoms. The lowest BCUT2D eigenvalue weighted by atomic mass is 10.1. The molecule has 0 saturated carbocycles. The molecule has 0 spiro atoms. The molecule has 1 aliphatic heterocycles. The van der Waals surface area contributed by atoms with Gasteiger partial charge in [-0.05, 0) is 24.6 Å². The highest BCUT2D eigenvalue weighted by Crippen LogP contribution is 2.31. The Morgan fingerprint density at radius 1 is 1.25 bits per heavy atom. The van der Waals surface area contributed by atoms with Crippen molar-refractivity contribution in [2.24, 2.45) is 0 Å². The van der Waals surface area contributed by atoms with E-state index in [1.54, 1.807) is 0 Å². The van der Waals surface area contributed by atoms with Crippen LogP contribution in [0.1, 0.15) is 16.8 Å². The number of aromatic hydroxyl groups is 2. The highest BCUT2D eigenvalue weighted by Gasteiger charge is 2.35. The van der Waals surface area contributed by atoms with Gasteiger partial charge >= 0.3 is 6.18 Å². The van der Waals surface area contributed by atoms with Gasteiger partial charge < -0.3 is 15.1 Å². The van der Waals surface area contributed by atoms with E-state index in [2.05, 4.69) is 0 Å². The molecular formula is C13H12F3NO3. The Hall–Kier alpha value is -2.18. The van der Waals surface area contributed by atoms with E-state index in [0.29, 0.717) is 0 Å². The van der Waals surface area contributed by atoms with E-state index in [1.165, 1.54) is 11.0 Å². The smallest absolute Gasteiger partial charge is 0.412 e. The molecule has 0 fully saturated rings. The number of amides is 1. The lowest BCUT2D eigenvalue weighted by molar-refractivity contribution is -0.0957. The van der Waals surface area contributed by atoms with Crippen LogP contribution in [0, 0.1) is 0 Å². The number of phenols is 2. The van der Waals surface area contributed by atoms with Crippen molar-refractivity contribution in [3.63, 3.8) is 0 Å². The molecule has 108 valence electrons. The predicted molar refractivity (Wildman–Crippen MR) is 64.4 cm³/mol. The van der Waals surface area contributed by atoms with Crippen LogP contribution < -0.4 is 0 Å². The lowest BCUT2D eigenvalue weighted by Crippen LogP contribution is -2.36. The van der Waals surface area contributed by atoms with Crippen molar-refractivity contribution in [1.82, 2.24) is 4.90 Å². The maximum Gasteiger partial charge on any atom is 0.412 e. The predicted octanol–water partition coefficient (Wildman–Crippen LogP) is 2.43. The Kier molecular flexibility index (Phi) is 3.61. The first kappa shape index (κ1) is 14.2. The van der Waals surface area contributed by atoms with Crippen LogP contribution >= 0.6 is 0 Å². The molecule has 1 aromatic rings. The van der Waals surface area contributed by atoms with Crippen LogP contribution in [-0.4, -0.2) is 40.3 Å². The second-order valence-corrected chi connectivity index (χ2v) is 4.43. The summed E-state index contributed by atoms with van der Waals surface area (Å²) in [6.07, 6.45) is -3.70. The maximum absolute atomic E-state index is 12.5. The molecule has 0 saturated heterocycles. The van der Waals surface area contributed by atoms with Crippen molar-refractivity contribution in [2.45, 2.75) is 12.6 Å². The SMILES string of the molecule is O=C(c1cc(O)ccc1O)N1CC=C(C(F)(F)F)CC1. The molecule has 0 unspecified atom stereocenters. The lowest BCUT2D eigenvalue weighted by Gasteiger charge is -2.27. The average Bonchev–Trinajstić information content (AvgIpc) is 2.40. The van der Waals surface area contributed by atoms with E-state index < -0.39 is 17.7 Å². The Bertz CT molecular complexity index is 566. The van der Waals surface area contributed by atoms with E-state index in [-0.39, 0.29) is 36.6 Å². The number of rotatable bonds is 1. The molecule has 4 nitrogen and oxygen atoms in total. The van der Waals surface area contributed by atoms with Crippen molar-refractivity contribution in [1.29, 1.82) is 0 Å². The summed E-state index contributed by atoms with van der Waals surface area (Å²) in [6, 6.07) is 3.45. The summed E-state index contributed by atoms with van der Waals surface area (Å²) in [7, 11) is 0. The molecule has 2 N–H and O–H groups in total. The van der Waals surface area contributed by atoms with Crippen molar-refractivity contribution >= 4 is 5.91 Å². The molecule has 1 aliphatic rings. The molecule has 0 aliphatic carbocycles. The molecule has 0 aromatic heterocycles. The van der Waals surface area contributed by atoms with Gasteiger partial charge in [0.2, 0.25) is 0 Å². The monoisotopic (exact) mass is 287 g/mol. The summed E-state index contributed by atoms with van der Waals surface area (Å²) in [5.74, 6) is -1.14. The van der Waals surface area contributed by atoms with Gasteiger partial charge in [-0.2, -0.15) is 13.2 Å². The number of benzene rings is 1. The third-order valence-electron chi connectivity index (χ3n) is 3.07. The van der Waals surface area contributed by atoms with Crippen LogP contribution in [0.2, 0.25) is 0 Å². The largest absolute Gasteiger partial charge is 0.508 e. The minimum Gasteiger partial charge on any atom is -0.508 e. The van der Waals surface area contributed by atoms with Crippen molar-refractivity contribution in [2.75, 3.05) is 13.1 Å².